The van der Waals surface area contributed by atoms with Crippen LogP contribution in [0.5, 0.6) is 0 Å². The molecule has 1 amide bonds. The molecule has 3 nitrogen and oxygen atoms in total. The molecule has 0 bridgehead atoms. The number of rotatable bonds is 5. The summed E-state index contributed by atoms with van der Waals surface area (Å²) in [4.78, 5) is 11.6. The first-order chi connectivity index (χ1) is 9.87. The van der Waals surface area contributed by atoms with Gasteiger partial charge in [0.1, 0.15) is 6.61 Å². The number of halogens is 4. The van der Waals surface area contributed by atoms with Crippen molar-refractivity contribution in [1.29, 1.82) is 0 Å². The van der Waals surface area contributed by atoms with Crippen LogP contribution in [0.2, 0.25) is 0 Å². The van der Waals surface area contributed by atoms with Crippen LogP contribution in [0.15, 0.2) is 18.2 Å². The number of hydrogen-bond acceptors (Lipinski definition) is 2. The number of nitrogens with one attached hydrogen (secondary N) is 1. The highest BCUT2D eigenvalue weighted by Crippen LogP contribution is 2.29. The van der Waals surface area contributed by atoms with Crippen molar-refractivity contribution in [3.8, 4) is 0 Å². The summed E-state index contributed by atoms with van der Waals surface area (Å²) in [6, 6.07) is 5.57. The smallest absolute Gasteiger partial charge is 0.372 e. The predicted octanol–water partition coefficient (Wildman–Crippen LogP) is 3.38. The van der Waals surface area contributed by atoms with Crippen LogP contribution >= 0.6 is 15.9 Å². The van der Waals surface area contributed by atoms with E-state index in [4.69, 9.17) is 0 Å². The molecule has 1 aromatic rings. The number of alkyl halides is 4. The Hall–Kier alpha value is -1.08. The number of hydrogen-bond donors (Lipinski definition) is 1. The summed E-state index contributed by atoms with van der Waals surface area (Å²) in [5.74, 6) is -0.105. The zero-order valence-corrected chi connectivity index (χ0v) is 12.8. The summed E-state index contributed by atoms with van der Waals surface area (Å²) in [5, 5.41) is 2.77. The standard InChI is InChI=1S/C14H15BrF3NO2/c15-12(4-6-21-8-14(16,17)18)10-2-1-9-3-5-19-13(20)11(9)7-10/h1-2,7,12H,3-6,8H2,(H,19,20). The maximum absolute atomic E-state index is 12.0. The van der Waals surface area contributed by atoms with E-state index in [1.54, 1.807) is 6.07 Å². The van der Waals surface area contributed by atoms with E-state index in [2.05, 4.69) is 26.0 Å². The van der Waals surface area contributed by atoms with E-state index < -0.39 is 12.8 Å². The second-order valence-electron chi connectivity index (χ2n) is 4.85. The minimum absolute atomic E-state index is 0.00128. The number of carbonyl (C=O) groups excluding carboxylic acids is 1. The van der Waals surface area contributed by atoms with Gasteiger partial charge >= 0.3 is 6.18 Å². The van der Waals surface area contributed by atoms with Gasteiger partial charge in [0.05, 0.1) is 0 Å². The second kappa shape index (κ2) is 6.79. The minimum Gasteiger partial charge on any atom is -0.372 e. The van der Waals surface area contributed by atoms with Gasteiger partial charge in [-0.15, -0.1) is 0 Å². The number of carbonyl (C=O) groups is 1. The van der Waals surface area contributed by atoms with Crippen molar-refractivity contribution in [2.24, 2.45) is 0 Å². The van der Waals surface area contributed by atoms with E-state index in [-0.39, 0.29) is 17.3 Å². The van der Waals surface area contributed by atoms with E-state index in [0.29, 0.717) is 18.5 Å². The Morgan fingerprint density at radius 3 is 2.86 bits per heavy atom. The lowest BCUT2D eigenvalue weighted by atomic mass is 9.96. The van der Waals surface area contributed by atoms with Crippen LogP contribution in [-0.4, -0.2) is 31.8 Å². The van der Waals surface area contributed by atoms with Gasteiger partial charge in [0.25, 0.3) is 5.91 Å². The first-order valence-electron chi connectivity index (χ1n) is 6.56. The van der Waals surface area contributed by atoms with Crippen molar-refractivity contribution in [1.82, 2.24) is 5.32 Å². The molecule has 1 heterocycles. The van der Waals surface area contributed by atoms with Gasteiger partial charge < -0.3 is 10.1 Å². The van der Waals surface area contributed by atoms with Crippen LogP contribution in [0, 0.1) is 0 Å². The number of benzene rings is 1. The highest BCUT2D eigenvalue weighted by Gasteiger charge is 2.27. The molecular formula is C14H15BrF3NO2. The van der Waals surface area contributed by atoms with E-state index in [1.807, 2.05) is 12.1 Å². The number of ether oxygens (including phenoxy) is 1. The van der Waals surface area contributed by atoms with Crippen LogP contribution in [0.3, 0.4) is 0 Å². The van der Waals surface area contributed by atoms with Crippen molar-refractivity contribution in [2.75, 3.05) is 19.8 Å². The predicted molar refractivity (Wildman–Crippen MR) is 75.6 cm³/mol. The minimum atomic E-state index is -4.30. The zero-order chi connectivity index (χ0) is 15.5. The number of fused-ring (bicyclic) bond motifs is 1. The molecule has 0 saturated heterocycles. The van der Waals surface area contributed by atoms with Gasteiger partial charge in [-0.2, -0.15) is 13.2 Å². The van der Waals surface area contributed by atoms with E-state index in [1.165, 1.54) is 0 Å². The molecule has 1 unspecified atom stereocenters. The monoisotopic (exact) mass is 365 g/mol. The molecule has 1 aliphatic heterocycles. The molecule has 1 N–H and O–H groups in total. The van der Waals surface area contributed by atoms with Crippen molar-refractivity contribution < 1.29 is 22.7 Å². The molecule has 0 aliphatic carbocycles. The fourth-order valence-electron chi connectivity index (χ4n) is 2.17. The molecule has 21 heavy (non-hydrogen) atoms. The summed E-state index contributed by atoms with van der Waals surface area (Å²) in [6.07, 6.45) is -3.11. The van der Waals surface area contributed by atoms with Gasteiger partial charge in [-0.3, -0.25) is 4.79 Å². The summed E-state index contributed by atoms with van der Waals surface area (Å²) in [5.41, 5.74) is 2.50. The largest absolute Gasteiger partial charge is 0.411 e. The summed E-state index contributed by atoms with van der Waals surface area (Å²) >= 11 is 3.42. The molecule has 0 spiro atoms. The fraction of sp³-hybridized carbons (Fsp3) is 0.500. The van der Waals surface area contributed by atoms with Gasteiger partial charge in [-0.1, -0.05) is 28.1 Å². The highest BCUT2D eigenvalue weighted by molar-refractivity contribution is 9.09. The maximum Gasteiger partial charge on any atom is 0.411 e. The third-order valence-corrected chi connectivity index (χ3v) is 4.19. The van der Waals surface area contributed by atoms with Gasteiger partial charge in [-0.05, 0) is 30.0 Å². The third-order valence-electron chi connectivity index (χ3n) is 3.20. The van der Waals surface area contributed by atoms with Crippen molar-refractivity contribution in [2.45, 2.75) is 23.8 Å². The Kier molecular flexibility index (Phi) is 5.27. The molecule has 0 radical (unpaired) electrons. The van der Waals surface area contributed by atoms with E-state index >= 15 is 0 Å². The van der Waals surface area contributed by atoms with Gasteiger partial charge in [0.15, 0.2) is 0 Å². The summed E-state index contributed by atoms with van der Waals surface area (Å²) < 4.78 is 40.5. The van der Waals surface area contributed by atoms with Crippen LogP contribution in [0.1, 0.15) is 32.7 Å². The highest BCUT2D eigenvalue weighted by atomic mass is 79.9. The van der Waals surface area contributed by atoms with Crippen LogP contribution in [0.4, 0.5) is 13.2 Å². The van der Waals surface area contributed by atoms with Crippen molar-refractivity contribution >= 4 is 21.8 Å². The zero-order valence-electron chi connectivity index (χ0n) is 11.2. The average Bonchev–Trinajstić information content (AvgIpc) is 2.42. The van der Waals surface area contributed by atoms with Gasteiger partial charge in [-0.25, -0.2) is 0 Å². The lowest BCUT2D eigenvalue weighted by molar-refractivity contribution is -0.174. The van der Waals surface area contributed by atoms with Gasteiger partial charge in [0, 0.05) is 23.5 Å². The van der Waals surface area contributed by atoms with Gasteiger partial charge in [0.2, 0.25) is 0 Å². The summed E-state index contributed by atoms with van der Waals surface area (Å²) in [7, 11) is 0. The Morgan fingerprint density at radius 2 is 2.14 bits per heavy atom. The Morgan fingerprint density at radius 1 is 1.38 bits per heavy atom. The normalized spacial score (nSPS) is 16.3. The van der Waals surface area contributed by atoms with Crippen LogP contribution < -0.4 is 5.32 Å². The molecule has 7 heteroatoms. The Bertz CT molecular complexity index is 519. The number of amides is 1. The first kappa shape index (κ1) is 16.3. The maximum atomic E-state index is 12.0. The molecule has 1 aromatic carbocycles. The SMILES string of the molecule is O=C1NCCc2ccc(C(Br)CCOCC(F)(F)F)cc21. The van der Waals surface area contributed by atoms with Crippen molar-refractivity contribution in [3.63, 3.8) is 0 Å². The lowest BCUT2D eigenvalue weighted by Crippen LogP contribution is -2.31. The topological polar surface area (TPSA) is 38.3 Å². The van der Waals surface area contributed by atoms with Crippen LogP contribution in [0.25, 0.3) is 0 Å². The molecule has 116 valence electrons. The molecule has 1 atom stereocenters. The first-order valence-corrected chi connectivity index (χ1v) is 7.48. The molecule has 0 fully saturated rings. The quantitative estimate of drug-likeness (QED) is 0.641. The average molecular weight is 366 g/mol. The third kappa shape index (κ3) is 4.71. The van der Waals surface area contributed by atoms with E-state index in [9.17, 15) is 18.0 Å². The summed E-state index contributed by atoms with van der Waals surface area (Å²) in [6.45, 7) is -0.605. The lowest BCUT2D eigenvalue weighted by Gasteiger charge is -2.19. The van der Waals surface area contributed by atoms with E-state index in [0.717, 1.165) is 17.5 Å². The molecular weight excluding hydrogens is 351 g/mol. The van der Waals surface area contributed by atoms with Crippen molar-refractivity contribution in [3.05, 3.63) is 34.9 Å². The second-order valence-corrected chi connectivity index (χ2v) is 5.95. The molecule has 0 saturated carbocycles. The Labute approximate surface area is 129 Å². The molecule has 1 aliphatic rings. The Balaban J connectivity index is 1.92. The van der Waals surface area contributed by atoms with Crippen LogP contribution in [-0.2, 0) is 11.2 Å². The molecule has 0 aromatic heterocycles. The molecule has 2 rings (SSSR count). The fourth-order valence-corrected chi connectivity index (χ4v) is 2.64.